The van der Waals surface area contributed by atoms with Crippen LogP contribution in [0, 0.1) is 13.8 Å². The Morgan fingerprint density at radius 3 is 2.87 bits per heavy atom. The minimum Gasteiger partial charge on any atom is -0.382 e. The van der Waals surface area contributed by atoms with Crippen LogP contribution in [0.5, 0.6) is 0 Å². The van der Waals surface area contributed by atoms with Crippen LogP contribution in [-0.4, -0.2) is 69.1 Å². The van der Waals surface area contributed by atoms with Crippen molar-refractivity contribution in [1.29, 1.82) is 0 Å². The van der Waals surface area contributed by atoms with Gasteiger partial charge in [0.2, 0.25) is 0 Å². The van der Waals surface area contributed by atoms with Crippen LogP contribution in [-0.2, 0) is 15.9 Å². The number of methoxy groups -OCH3 is 1. The lowest BCUT2D eigenvalue weighted by molar-refractivity contribution is -0.0447. The van der Waals surface area contributed by atoms with Gasteiger partial charge in [0.05, 0.1) is 25.0 Å². The molecule has 0 saturated carbocycles. The second-order valence-corrected chi connectivity index (χ2v) is 5.42. The number of aromatic nitrogens is 1. The van der Waals surface area contributed by atoms with E-state index in [-0.39, 0.29) is 30.1 Å². The van der Waals surface area contributed by atoms with Gasteiger partial charge in [0.15, 0.2) is 5.96 Å². The van der Waals surface area contributed by atoms with Crippen LogP contribution >= 0.6 is 24.0 Å². The van der Waals surface area contributed by atoms with E-state index in [2.05, 4.69) is 20.4 Å². The van der Waals surface area contributed by atoms with Crippen molar-refractivity contribution in [3.05, 3.63) is 17.0 Å². The molecule has 23 heavy (non-hydrogen) atoms. The van der Waals surface area contributed by atoms with Crippen molar-refractivity contribution in [3.8, 4) is 0 Å². The Kier molecular flexibility index (Phi) is 8.85. The molecule has 1 aromatic heterocycles. The normalized spacial score (nSPS) is 18.7. The minimum absolute atomic E-state index is 0. The molecule has 1 unspecified atom stereocenters. The molecule has 1 N–H and O–H groups in total. The molecule has 1 fully saturated rings. The number of hydrogen-bond donors (Lipinski definition) is 1. The first kappa shape index (κ1) is 20.2. The summed E-state index contributed by atoms with van der Waals surface area (Å²) in [6.07, 6.45) is 0.964. The van der Waals surface area contributed by atoms with E-state index >= 15 is 0 Å². The Morgan fingerprint density at radius 1 is 1.48 bits per heavy atom. The van der Waals surface area contributed by atoms with Gasteiger partial charge in [-0.25, -0.2) is 0 Å². The van der Waals surface area contributed by atoms with Gasteiger partial charge in [-0.05, 0) is 20.3 Å². The number of rotatable bonds is 5. The Hall–Kier alpha value is -0.870. The number of ether oxygens (including phenoxy) is 2. The predicted octanol–water partition coefficient (Wildman–Crippen LogP) is 1.37. The van der Waals surface area contributed by atoms with Gasteiger partial charge >= 0.3 is 0 Å². The standard InChI is InChI=1S/C15H26N4O3.HI/c1-11-14(12(2)22-18-11)5-6-17-15(16-3)19-7-8-21-13(9-19)10-20-4;/h13H,5-10H2,1-4H3,(H,16,17);1H. The zero-order valence-corrected chi connectivity index (χ0v) is 16.6. The van der Waals surface area contributed by atoms with Gasteiger partial charge in [0, 0.05) is 39.4 Å². The molecule has 0 amide bonds. The van der Waals surface area contributed by atoms with Gasteiger partial charge in [0.1, 0.15) is 5.76 Å². The first-order valence-corrected chi connectivity index (χ1v) is 7.63. The van der Waals surface area contributed by atoms with Crippen molar-refractivity contribution in [2.45, 2.75) is 26.4 Å². The lowest BCUT2D eigenvalue weighted by atomic mass is 10.1. The second-order valence-electron chi connectivity index (χ2n) is 5.42. The zero-order valence-electron chi connectivity index (χ0n) is 14.3. The topological polar surface area (TPSA) is 72.1 Å². The summed E-state index contributed by atoms with van der Waals surface area (Å²) in [7, 11) is 3.50. The van der Waals surface area contributed by atoms with Crippen molar-refractivity contribution in [1.82, 2.24) is 15.4 Å². The molecule has 1 aliphatic rings. The SMILES string of the molecule is CN=C(NCCc1c(C)noc1C)N1CCOC(COC)C1.I. The Bertz CT molecular complexity index is 485. The molecule has 0 spiro atoms. The molecule has 1 saturated heterocycles. The third-order valence-electron chi connectivity index (χ3n) is 3.84. The first-order valence-electron chi connectivity index (χ1n) is 7.63. The maximum atomic E-state index is 5.67. The number of hydrogen-bond acceptors (Lipinski definition) is 5. The van der Waals surface area contributed by atoms with Gasteiger partial charge in [-0.2, -0.15) is 0 Å². The van der Waals surface area contributed by atoms with Crippen LogP contribution in [0.2, 0.25) is 0 Å². The summed E-state index contributed by atoms with van der Waals surface area (Å²) in [5, 5.41) is 7.39. The van der Waals surface area contributed by atoms with Crippen molar-refractivity contribution in [2.24, 2.45) is 4.99 Å². The summed E-state index contributed by atoms with van der Waals surface area (Å²) in [6.45, 7) is 7.64. The largest absolute Gasteiger partial charge is 0.382 e. The van der Waals surface area contributed by atoms with Gasteiger partial charge in [-0.3, -0.25) is 4.99 Å². The molecular weight excluding hydrogens is 411 g/mol. The van der Waals surface area contributed by atoms with E-state index in [0.29, 0.717) is 13.2 Å². The highest BCUT2D eigenvalue weighted by Crippen LogP contribution is 2.12. The van der Waals surface area contributed by atoms with E-state index < -0.39 is 0 Å². The number of morpholine rings is 1. The van der Waals surface area contributed by atoms with Crippen molar-refractivity contribution >= 4 is 29.9 Å². The van der Waals surface area contributed by atoms with Crippen LogP contribution in [0.4, 0.5) is 0 Å². The molecule has 7 nitrogen and oxygen atoms in total. The molecule has 0 aromatic carbocycles. The fourth-order valence-electron chi connectivity index (χ4n) is 2.69. The van der Waals surface area contributed by atoms with Crippen LogP contribution < -0.4 is 5.32 Å². The molecule has 0 radical (unpaired) electrons. The average Bonchev–Trinajstić information content (AvgIpc) is 2.84. The van der Waals surface area contributed by atoms with E-state index in [9.17, 15) is 0 Å². The summed E-state index contributed by atoms with van der Waals surface area (Å²) >= 11 is 0. The zero-order chi connectivity index (χ0) is 15.9. The highest BCUT2D eigenvalue weighted by molar-refractivity contribution is 14.0. The highest BCUT2D eigenvalue weighted by Gasteiger charge is 2.22. The molecular formula is C15H27IN4O3. The number of guanidine groups is 1. The lowest BCUT2D eigenvalue weighted by Gasteiger charge is -2.34. The van der Waals surface area contributed by atoms with Gasteiger partial charge in [-0.15, -0.1) is 24.0 Å². The summed E-state index contributed by atoms with van der Waals surface area (Å²) in [5.41, 5.74) is 2.13. The van der Waals surface area contributed by atoms with Crippen molar-refractivity contribution in [2.75, 3.05) is 47.0 Å². The van der Waals surface area contributed by atoms with Crippen LogP contribution in [0.25, 0.3) is 0 Å². The molecule has 1 aromatic rings. The second kappa shape index (κ2) is 10.1. The molecule has 2 heterocycles. The summed E-state index contributed by atoms with van der Waals surface area (Å²) in [4.78, 5) is 6.57. The number of aliphatic imine (C=N–C) groups is 1. The first-order chi connectivity index (χ1) is 10.7. The molecule has 8 heteroatoms. The van der Waals surface area contributed by atoms with Crippen molar-refractivity contribution in [3.63, 3.8) is 0 Å². The van der Waals surface area contributed by atoms with Crippen LogP contribution in [0.15, 0.2) is 9.52 Å². The average molecular weight is 438 g/mol. The van der Waals surface area contributed by atoms with E-state index in [0.717, 1.165) is 43.5 Å². The number of nitrogens with zero attached hydrogens (tertiary/aromatic N) is 3. The monoisotopic (exact) mass is 438 g/mol. The number of halogens is 1. The summed E-state index contributed by atoms with van der Waals surface area (Å²) in [6, 6.07) is 0. The maximum absolute atomic E-state index is 5.67. The Morgan fingerprint density at radius 2 is 2.26 bits per heavy atom. The number of aryl methyl sites for hydroxylation is 2. The van der Waals surface area contributed by atoms with E-state index in [4.69, 9.17) is 14.0 Å². The van der Waals surface area contributed by atoms with Crippen molar-refractivity contribution < 1.29 is 14.0 Å². The number of nitrogens with one attached hydrogen (secondary N) is 1. The molecule has 0 aliphatic carbocycles. The fourth-order valence-corrected chi connectivity index (χ4v) is 2.69. The third-order valence-corrected chi connectivity index (χ3v) is 3.84. The molecule has 1 aliphatic heterocycles. The van der Waals surface area contributed by atoms with E-state index in [1.54, 1.807) is 14.2 Å². The fraction of sp³-hybridized carbons (Fsp3) is 0.733. The van der Waals surface area contributed by atoms with Crippen LogP contribution in [0.1, 0.15) is 17.0 Å². The van der Waals surface area contributed by atoms with E-state index in [1.807, 2.05) is 13.8 Å². The maximum Gasteiger partial charge on any atom is 0.193 e. The highest BCUT2D eigenvalue weighted by atomic mass is 127. The lowest BCUT2D eigenvalue weighted by Crippen LogP contribution is -2.51. The smallest absolute Gasteiger partial charge is 0.193 e. The Labute approximate surface area is 154 Å². The van der Waals surface area contributed by atoms with Gasteiger partial charge in [-0.1, -0.05) is 5.16 Å². The molecule has 0 bridgehead atoms. The quantitative estimate of drug-likeness (QED) is 0.426. The third kappa shape index (κ3) is 5.61. The minimum atomic E-state index is 0. The molecule has 132 valence electrons. The summed E-state index contributed by atoms with van der Waals surface area (Å²) in [5.74, 6) is 1.79. The predicted molar refractivity (Wildman–Crippen MR) is 99.6 cm³/mol. The molecule has 1 atom stereocenters. The summed E-state index contributed by atoms with van der Waals surface area (Å²) < 4.78 is 16.0. The van der Waals surface area contributed by atoms with Gasteiger partial charge < -0.3 is 24.2 Å². The van der Waals surface area contributed by atoms with Gasteiger partial charge in [0.25, 0.3) is 0 Å². The van der Waals surface area contributed by atoms with E-state index in [1.165, 1.54) is 5.56 Å². The molecule has 2 rings (SSSR count). The van der Waals surface area contributed by atoms with Crippen LogP contribution in [0.3, 0.4) is 0 Å². The Balaban J connectivity index is 0.00000264.